The van der Waals surface area contributed by atoms with Crippen molar-refractivity contribution in [2.75, 3.05) is 7.11 Å². The topological polar surface area (TPSA) is 66.8 Å². The molecule has 2 N–H and O–H groups in total. The van der Waals surface area contributed by atoms with E-state index in [1.54, 1.807) is 13.0 Å². The Morgan fingerprint density at radius 2 is 2.13 bits per heavy atom. The maximum absolute atomic E-state index is 12.3. The van der Waals surface area contributed by atoms with Crippen LogP contribution in [0.15, 0.2) is 29.9 Å². The number of rotatable bonds is 5. The molecule has 0 fully saturated rings. The summed E-state index contributed by atoms with van der Waals surface area (Å²) in [5.74, 6) is 4.11. The molecule has 0 saturated carbocycles. The van der Waals surface area contributed by atoms with E-state index >= 15 is 0 Å². The third-order valence-electron chi connectivity index (χ3n) is 5.17. The monoisotopic (exact) mass is 447 g/mol. The van der Waals surface area contributed by atoms with Gasteiger partial charge in [0.15, 0.2) is 7.81 Å². The van der Waals surface area contributed by atoms with Crippen molar-refractivity contribution in [2.45, 2.75) is 59.3 Å². The maximum Gasteiger partial charge on any atom is 0.341 e. The van der Waals surface area contributed by atoms with Crippen LogP contribution in [0.25, 0.3) is 0 Å². The fraction of sp³-hybridized carbons (Fsp3) is 0.458. The summed E-state index contributed by atoms with van der Waals surface area (Å²) in [6.07, 6.45) is 5.31. The van der Waals surface area contributed by atoms with E-state index in [0.717, 1.165) is 32.6 Å². The second kappa shape index (κ2) is 13.3. The van der Waals surface area contributed by atoms with Gasteiger partial charge in [0.2, 0.25) is 0 Å². The molecule has 2 rings (SSSR count). The number of benzene rings is 1. The van der Waals surface area contributed by atoms with Crippen LogP contribution in [0.2, 0.25) is 0 Å². The Morgan fingerprint density at radius 3 is 2.60 bits per heavy atom. The molecule has 6 heteroatoms. The van der Waals surface area contributed by atoms with Gasteiger partial charge in [0, 0.05) is 30.0 Å². The first-order valence-electron chi connectivity index (χ1n) is 10.4. The number of hydrogen-bond acceptors (Lipinski definition) is 4. The third kappa shape index (κ3) is 6.76. The number of hydrogen-bond donors (Lipinski definition) is 2. The molecule has 30 heavy (non-hydrogen) atoms. The first-order chi connectivity index (χ1) is 14.2. The molecule has 0 aliphatic heterocycles. The third-order valence-corrected chi connectivity index (χ3v) is 5.17. The number of methoxy groups -OCH3 is 1. The van der Waals surface area contributed by atoms with Crippen molar-refractivity contribution in [3.63, 3.8) is 0 Å². The molecule has 0 amide bonds. The van der Waals surface area contributed by atoms with Crippen molar-refractivity contribution >= 4 is 13.8 Å². The number of phenols is 2. The van der Waals surface area contributed by atoms with Gasteiger partial charge in [-0.3, -0.25) is 0 Å². The van der Waals surface area contributed by atoms with Crippen molar-refractivity contribution in [1.29, 1.82) is 1.34 Å². The van der Waals surface area contributed by atoms with E-state index in [4.69, 9.17) is 6.07 Å². The zero-order valence-corrected chi connectivity index (χ0v) is 20.0. The van der Waals surface area contributed by atoms with Crippen LogP contribution >= 0.6 is 0 Å². The summed E-state index contributed by atoms with van der Waals surface area (Å²) in [5, 5.41) is 21.5. The van der Waals surface area contributed by atoms with Crippen molar-refractivity contribution in [3.8, 4) is 23.2 Å². The predicted molar refractivity (Wildman–Crippen MR) is 120 cm³/mol. The summed E-state index contributed by atoms with van der Waals surface area (Å²) in [6, 6.07) is 1.60. The Kier molecular flexibility index (Phi) is 11.5. The number of phenolic OH excluding ortho intramolecular Hbond substituents is 2. The summed E-state index contributed by atoms with van der Waals surface area (Å²) in [4.78, 5) is 12.3. The Balaban J connectivity index is 0.00000135. The van der Waals surface area contributed by atoms with E-state index in [-0.39, 0.29) is 47.5 Å². The molecule has 1 aliphatic rings. The molecule has 2 radical (unpaired) electrons. The molecule has 1 aromatic carbocycles. The number of aromatic hydroxyl groups is 2. The quantitative estimate of drug-likeness (QED) is 0.297. The normalized spacial score (nSPS) is 17.5. The minimum absolute atomic E-state index is 0. The predicted octanol–water partition coefficient (Wildman–Crippen LogP) is 4.72. The minimum atomic E-state index is -0.578. The summed E-state index contributed by atoms with van der Waals surface area (Å²) in [7, 11) is 2.37. The number of allylic oxidation sites excluding steroid dienone is 3. The van der Waals surface area contributed by atoms with Crippen LogP contribution in [-0.2, 0) is 29.7 Å². The standard InChI is InChI=1S/C21H28O4.C3H4B.V/c1-6-7-14-11-17(22)19(20(23)18(14)21(24)25-5)16-10-13(4)8-9-15(16)12(2)3;1-2-3-4;/h10-11,15-16,22-23H,2,6-9H2,1,3-5H3;4H,1H3;/t15-,16+;;/m0../s1/i;4D;. The van der Waals surface area contributed by atoms with E-state index in [0.29, 0.717) is 17.5 Å². The molecule has 1 aliphatic carbocycles. The first kappa shape index (κ1) is 26.0. The molecule has 0 bridgehead atoms. The Morgan fingerprint density at radius 1 is 1.47 bits per heavy atom. The second-order valence-corrected chi connectivity index (χ2v) is 7.36. The van der Waals surface area contributed by atoms with Gasteiger partial charge < -0.3 is 14.9 Å². The van der Waals surface area contributed by atoms with Gasteiger partial charge in [0.05, 0.1) is 7.11 Å². The van der Waals surface area contributed by atoms with Crippen molar-refractivity contribution in [2.24, 2.45) is 5.92 Å². The summed E-state index contributed by atoms with van der Waals surface area (Å²) >= 11 is 0. The average molecular weight is 447 g/mol. The smallest absolute Gasteiger partial charge is 0.341 e. The summed E-state index contributed by atoms with van der Waals surface area (Å²) in [5.41, 5.74) is 3.38. The Hall–Kier alpha value is -2.02. The summed E-state index contributed by atoms with van der Waals surface area (Å²) < 4.78 is 11.2. The molecule has 1 aromatic rings. The summed E-state index contributed by atoms with van der Waals surface area (Å²) in [6.45, 7) is 11.8. The fourth-order valence-electron chi connectivity index (χ4n) is 3.75. The van der Waals surface area contributed by atoms with Crippen LogP contribution in [0, 0.1) is 17.7 Å². The van der Waals surface area contributed by atoms with Gasteiger partial charge in [-0.25, -0.2) is 4.79 Å². The van der Waals surface area contributed by atoms with Gasteiger partial charge in [-0.15, -0.1) is 5.92 Å². The van der Waals surface area contributed by atoms with E-state index in [2.05, 4.69) is 24.4 Å². The largest absolute Gasteiger partial charge is 0.507 e. The number of ether oxygens (including phenoxy) is 1. The fourth-order valence-corrected chi connectivity index (χ4v) is 3.75. The molecule has 0 aromatic heterocycles. The van der Waals surface area contributed by atoms with Gasteiger partial charge in [-0.05, 0) is 58.9 Å². The first-order valence-corrected chi connectivity index (χ1v) is 9.84. The molecular formula is C24H32BO4V. The Bertz CT molecular complexity index is 871. The van der Waals surface area contributed by atoms with Gasteiger partial charge in [-0.2, -0.15) is 5.82 Å². The molecule has 4 nitrogen and oxygen atoms in total. The van der Waals surface area contributed by atoms with Crippen LogP contribution in [-0.4, -0.2) is 32.4 Å². The zero-order chi connectivity index (χ0) is 22.8. The molecule has 2 atom stereocenters. The minimum Gasteiger partial charge on any atom is -0.507 e. The number of carbonyl (C=O) groups is 1. The van der Waals surface area contributed by atoms with Gasteiger partial charge in [-0.1, -0.05) is 37.1 Å². The van der Waals surface area contributed by atoms with Crippen molar-refractivity contribution < 1.29 is 38.3 Å². The van der Waals surface area contributed by atoms with Gasteiger partial charge in [0.25, 0.3) is 0 Å². The molecule has 0 spiro atoms. The number of esters is 1. The van der Waals surface area contributed by atoms with E-state index in [1.807, 2.05) is 20.8 Å². The SMILES string of the molecule is C=C(C)[C@@H]1CCC(C)=C[C@H]1c1c(O)cc(CCC)c(C(=O)OC)c1O.[2H][B]C#CC.[V]. The van der Waals surface area contributed by atoms with Crippen LogP contribution in [0.4, 0.5) is 0 Å². The molecule has 160 valence electrons. The Labute approximate surface area is 195 Å². The average Bonchev–Trinajstić information content (AvgIpc) is 2.68. The van der Waals surface area contributed by atoms with Crippen LogP contribution < -0.4 is 0 Å². The maximum atomic E-state index is 12.3. The number of aryl methyl sites for hydroxylation is 1. The molecular weight excluding hydrogens is 414 g/mol. The second-order valence-electron chi connectivity index (χ2n) is 7.36. The zero-order valence-electron chi connectivity index (χ0n) is 19.6. The van der Waals surface area contributed by atoms with Crippen LogP contribution in [0.5, 0.6) is 11.5 Å². The van der Waals surface area contributed by atoms with Crippen LogP contribution in [0.3, 0.4) is 0 Å². The van der Waals surface area contributed by atoms with Gasteiger partial charge >= 0.3 is 5.97 Å². The van der Waals surface area contributed by atoms with Crippen molar-refractivity contribution in [1.82, 2.24) is 0 Å². The molecule has 0 unspecified atom stereocenters. The van der Waals surface area contributed by atoms with E-state index in [9.17, 15) is 15.0 Å². The van der Waals surface area contributed by atoms with Crippen molar-refractivity contribution in [3.05, 3.63) is 46.6 Å². The van der Waals surface area contributed by atoms with Crippen LogP contribution in [0.1, 0.15) is 74.4 Å². The van der Waals surface area contributed by atoms with E-state index in [1.165, 1.54) is 12.7 Å². The van der Waals surface area contributed by atoms with Gasteiger partial charge in [0.1, 0.15) is 17.1 Å². The van der Waals surface area contributed by atoms with E-state index < -0.39 is 5.97 Å². The molecule has 0 heterocycles. The number of carbonyl (C=O) groups excluding carboxylic acids is 1. The molecule has 0 saturated heterocycles.